The fourth-order valence-corrected chi connectivity index (χ4v) is 2.85. The van der Waals surface area contributed by atoms with E-state index in [1.807, 2.05) is 0 Å². The van der Waals surface area contributed by atoms with Gasteiger partial charge in [0.15, 0.2) is 0 Å². The van der Waals surface area contributed by atoms with Gasteiger partial charge in [0, 0.05) is 6.04 Å². The van der Waals surface area contributed by atoms with Crippen LogP contribution in [0.3, 0.4) is 0 Å². The highest BCUT2D eigenvalue weighted by Crippen LogP contribution is 2.30. The Morgan fingerprint density at radius 2 is 1.81 bits per heavy atom. The molecule has 0 aromatic heterocycles. The summed E-state index contributed by atoms with van der Waals surface area (Å²) >= 11 is 0. The molecule has 0 radical (unpaired) electrons. The van der Waals surface area contributed by atoms with E-state index in [0.717, 1.165) is 18.5 Å². The van der Waals surface area contributed by atoms with Gasteiger partial charge in [0.05, 0.1) is 0 Å². The lowest BCUT2D eigenvalue weighted by atomic mass is 9.86. The van der Waals surface area contributed by atoms with Gasteiger partial charge in [0.25, 0.3) is 0 Å². The number of nitrogens with one attached hydrogen (secondary N) is 1. The van der Waals surface area contributed by atoms with E-state index in [-0.39, 0.29) is 0 Å². The second kappa shape index (κ2) is 6.64. The van der Waals surface area contributed by atoms with Crippen molar-refractivity contribution in [2.75, 3.05) is 6.54 Å². The first kappa shape index (κ1) is 14.0. The molecule has 96 valence electrons. The Kier molecular flexibility index (Phi) is 5.82. The Balaban J connectivity index is 2.28. The summed E-state index contributed by atoms with van der Waals surface area (Å²) in [4.78, 5) is 0. The van der Waals surface area contributed by atoms with E-state index in [9.17, 15) is 0 Å². The lowest BCUT2D eigenvalue weighted by Crippen LogP contribution is -2.31. The van der Waals surface area contributed by atoms with E-state index in [1.54, 1.807) is 0 Å². The molecule has 1 atom stereocenters. The Bertz CT molecular complexity index is 174. The van der Waals surface area contributed by atoms with Crippen molar-refractivity contribution in [3.8, 4) is 0 Å². The summed E-state index contributed by atoms with van der Waals surface area (Å²) < 4.78 is 0. The van der Waals surface area contributed by atoms with Gasteiger partial charge in [-0.3, -0.25) is 0 Å². The molecule has 0 aromatic carbocycles. The van der Waals surface area contributed by atoms with E-state index < -0.39 is 0 Å². The molecule has 1 aliphatic rings. The lowest BCUT2D eigenvalue weighted by Gasteiger charge is -2.25. The number of hydrogen-bond acceptors (Lipinski definition) is 1. The second-order valence-corrected chi connectivity index (χ2v) is 6.74. The average molecular weight is 225 g/mol. The standard InChI is InChI=1S/C15H31N/c1-5-16-14(10-11-15(2,3)4)12-13-8-6-7-9-13/h13-14,16H,5-12H2,1-4H3. The SMILES string of the molecule is CCNC(CCC(C)(C)C)CC1CCCC1. The minimum atomic E-state index is 0.489. The first-order valence-electron chi connectivity index (χ1n) is 7.24. The van der Waals surface area contributed by atoms with Crippen molar-refractivity contribution in [2.45, 2.75) is 78.7 Å². The molecule has 1 heteroatoms. The van der Waals surface area contributed by atoms with Crippen LogP contribution in [0, 0.1) is 11.3 Å². The molecule has 1 N–H and O–H groups in total. The summed E-state index contributed by atoms with van der Waals surface area (Å²) in [6, 6.07) is 0.771. The van der Waals surface area contributed by atoms with Crippen LogP contribution in [0.15, 0.2) is 0 Å². The highest BCUT2D eigenvalue weighted by atomic mass is 14.9. The Morgan fingerprint density at radius 3 is 2.31 bits per heavy atom. The molecule has 16 heavy (non-hydrogen) atoms. The lowest BCUT2D eigenvalue weighted by molar-refractivity contribution is 0.302. The normalized spacial score (nSPS) is 20.2. The minimum Gasteiger partial charge on any atom is -0.314 e. The van der Waals surface area contributed by atoms with E-state index in [4.69, 9.17) is 0 Å². The first-order chi connectivity index (χ1) is 7.51. The Hall–Kier alpha value is -0.0400. The molecule has 1 nitrogen and oxygen atoms in total. The number of hydrogen-bond donors (Lipinski definition) is 1. The van der Waals surface area contributed by atoms with Gasteiger partial charge in [-0.2, -0.15) is 0 Å². The van der Waals surface area contributed by atoms with Gasteiger partial charge < -0.3 is 5.32 Å². The van der Waals surface area contributed by atoms with Gasteiger partial charge in [0.2, 0.25) is 0 Å². The van der Waals surface area contributed by atoms with Crippen LogP contribution in [0.2, 0.25) is 0 Å². The molecule has 1 saturated carbocycles. The maximum atomic E-state index is 3.68. The minimum absolute atomic E-state index is 0.489. The van der Waals surface area contributed by atoms with Crippen molar-refractivity contribution in [3.63, 3.8) is 0 Å². The van der Waals surface area contributed by atoms with Crippen molar-refractivity contribution in [1.82, 2.24) is 5.32 Å². The third-order valence-corrected chi connectivity index (χ3v) is 3.83. The average Bonchev–Trinajstić information content (AvgIpc) is 2.66. The highest BCUT2D eigenvalue weighted by molar-refractivity contribution is 4.77. The van der Waals surface area contributed by atoms with E-state index in [2.05, 4.69) is 33.0 Å². The van der Waals surface area contributed by atoms with Gasteiger partial charge in [-0.25, -0.2) is 0 Å². The summed E-state index contributed by atoms with van der Waals surface area (Å²) in [5.74, 6) is 1.02. The molecule has 0 aliphatic heterocycles. The van der Waals surface area contributed by atoms with Crippen LogP contribution in [-0.4, -0.2) is 12.6 Å². The van der Waals surface area contributed by atoms with E-state index in [0.29, 0.717) is 5.41 Å². The van der Waals surface area contributed by atoms with Crippen LogP contribution < -0.4 is 5.32 Å². The third kappa shape index (κ3) is 5.89. The summed E-state index contributed by atoms with van der Waals surface area (Å²) in [5, 5.41) is 3.68. The van der Waals surface area contributed by atoms with Crippen LogP contribution in [0.5, 0.6) is 0 Å². The zero-order valence-electron chi connectivity index (χ0n) is 11.8. The third-order valence-electron chi connectivity index (χ3n) is 3.83. The fourth-order valence-electron chi connectivity index (χ4n) is 2.85. The molecule has 0 aromatic rings. The van der Waals surface area contributed by atoms with Crippen molar-refractivity contribution < 1.29 is 0 Å². The van der Waals surface area contributed by atoms with Crippen molar-refractivity contribution in [1.29, 1.82) is 0 Å². The zero-order chi connectivity index (χ0) is 12.0. The van der Waals surface area contributed by atoms with Gasteiger partial charge in [-0.15, -0.1) is 0 Å². The Morgan fingerprint density at radius 1 is 1.19 bits per heavy atom. The van der Waals surface area contributed by atoms with Crippen LogP contribution in [0.4, 0.5) is 0 Å². The molecule has 0 bridgehead atoms. The molecular formula is C15H31N. The van der Waals surface area contributed by atoms with Gasteiger partial charge in [-0.05, 0) is 37.1 Å². The largest absolute Gasteiger partial charge is 0.314 e. The quantitative estimate of drug-likeness (QED) is 0.708. The summed E-state index contributed by atoms with van der Waals surface area (Å²) in [7, 11) is 0. The van der Waals surface area contributed by atoms with Crippen LogP contribution in [-0.2, 0) is 0 Å². The van der Waals surface area contributed by atoms with Crippen LogP contribution in [0.1, 0.15) is 72.6 Å². The smallest absolute Gasteiger partial charge is 0.00697 e. The predicted octanol–water partition coefficient (Wildman–Crippen LogP) is 4.37. The highest BCUT2D eigenvalue weighted by Gasteiger charge is 2.21. The molecule has 1 fully saturated rings. The molecule has 1 rings (SSSR count). The zero-order valence-corrected chi connectivity index (χ0v) is 11.8. The molecular weight excluding hydrogens is 194 g/mol. The molecule has 1 unspecified atom stereocenters. The maximum Gasteiger partial charge on any atom is 0.00697 e. The number of rotatable bonds is 6. The molecule has 0 saturated heterocycles. The van der Waals surface area contributed by atoms with Crippen molar-refractivity contribution in [2.24, 2.45) is 11.3 Å². The van der Waals surface area contributed by atoms with Gasteiger partial charge >= 0.3 is 0 Å². The van der Waals surface area contributed by atoms with Crippen LogP contribution in [0.25, 0.3) is 0 Å². The van der Waals surface area contributed by atoms with Crippen molar-refractivity contribution >= 4 is 0 Å². The second-order valence-electron chi connectivity index (χ2n) is 6.74. The summed E-state index contributed by atoms with van der Waals surface area (Å²) in [6.45, 7) is 10.4. The monoisotopic (exact) mass is 225 g/mol. The van der Waals surface area contributed by atoms with Gasteiger partial charge in [-0.1, -0.05) is 53.4 Å². The predicted molar refractivity (Wildman–Crippen MR) is 72.7 cm³/mol. The van der Waals surface area contributed by atoms with E-state index >= 15 is 0 Å². The fraction of sp³-hybridized carbons (Fsp3) is 1.00. The molecule has 0 heterocycles. The first-order valence-corrected chi connectivity index (χ1v) is 7.24. The van der Waals surface area contributed by atoms with Gasteiger partial charge in [0.1, 0.15) is 0 Å². The van der Waals surface area contributed by atoms with Crippen molar-refractivity contribution in [3.05, 3.63) is 0 Å². The summed E-state index contributed by atoms with van der Waals surface area (Å²) in [6.07, 6.45) is 10.0. The van der Waals surface area contributed by atoms with E-state index in [1.165, 1.54) is 44.9 Å². The Labute approximate surface area is 102 Å². The summed E-state index contributed by atoms with van der Waals surface area (Å²) in [5.41, 5.74) is 0.489. The maximum absolute atomic E-state index is 3.68. The van der Waals surface area contributed by atoms with Crippen LogP contribution >= 0.6 is 0 Å². The molecule has 1 aliphatic carbocycles. The molecule has 0 amide bonds. The molecule has 0 spiro atoms. The topological polar surface area (TPSA) is 12.0 Å².